The third kappa shape index (κ3) is 2.54. The largest absolute Gasteiger partial charge is 0.462 e. The highest BCUT2D eigenvalue weighted by atomic mass is 32.1. The van der Waals surface area contributed by atoms with E-state index in [1.807, 2.05) is 37.3 Å². The van der Waals surface area contributed by atoms with Gasteiger partial charge in [-0.2, -0.15) is 0 Å². The fraction of sp³-hybridized carbons (Fsp3) is 0.333. The van der Waals surface area contributed by atoms with E-state index in [9.17, 15) is 4.79 Å². The van der Waals surface area contributed by atoms with Crippen LogP contribution in [0, 0.1) is 0 Å². The zero-order chi connectivity index (χ0) is 13.2. The summed E-state index contributed by atoms with van der Waals surface area (Å²) in [4.78, 5) is 17.3. The molecule has 2 aromatic rings. The second kappa shape index (κ2) is 5.13. The Bertz CT molecular complexity index is 587. The maximum Gasteiger partial charge on any atom is 0.350 e. The average Bonchev–Trinajstić information content (AvgIpc) is 3.19. The van der Waals surface area contributed by atoms with Crippen LogP contribution in [0.2, 0.25) is 0 Å². The Balaban J connectivity index is 1.99. The maximum atomic E-state index is 12.0. The SMILES string of the molecule is CCOC(=O)c1sc(-c2ccccc2)nc1C1CC1. The van der Waals surface area contributed by atoms with Gasteiger partial charge in [-0.15, -0.1) is 11.3 Å². The van der Waals surface area contributed by atoms with Crippen LogP contribution in [0.4, 0.5) is 0 Å². The number of thiazole rings is 1. The van der Waals surface area contributed by atoms with Gasteiger partial charge < -0.3 is 4.74 Å². The van der Waals surface area contributed by atoms with Crippen LogP contribution in [0.15, 0.2) is 30.3 Å². The number of rotatable bonds is 4. The molecule has 19 heavy (non-hydrogen) atoms. The van der Waals surface area contributed by atoms with Gasteiger partial charge in [0.2, 0.25) is 0 Å². The van der Waals surface area contributed by atoms with Gasteiger partial charge in [0.1, 0.15) is 9.88 Å². The molecule has 1 fully saturated rings. The van der Waals surface area contributed by atoms with Crippen molar-refractivity contribution in [1.29, 1.82) is 0 Å². The fourth-order valence-electron chi connectivity index (χ4n) is 2.01. The van der Waals surface area contributed by atoms with E-state index in [0.29, 0.717) is 17.4 Å². The molecule has 1 saturated carbocycles. The molecular weight excluding hydrogens is 258 g/mol. The number of carbonyl (C=O) groups excluding carboxylic acids is 1. The van der Waals surface area contributed by atoms with Crippen molar-refractivity contribution in [1.82, 2.24) is 4.98 Å². The van der Waals surface area contributed by atoms with Crippen molar-refractivity contribution in [3.05, 3.63) is 40.9 Å². The van der Waals surface area contributed by atoms with Crippen molar-refractivity contribution >= 4 is 17.3 Å². The monoisotopic (exact) mass is 273 g/mol. The van der Waals surface area contributed by atoms with Crippen molar-refractivity contribution in [2.24, 2.45) is 0 Å². The fourth-order valence-corrected chi connectivity index (χ4v) is 3.06. The van der Waals surface area contributed by atoms with E-state index < -0.39 is 0 Å². The molecular formula is C15H15NO2S. The topological polar surface area (TPSA) is 39.2 Å². The van der Waals surface area contributed by atoms with Crippen LogP contribution in [0.5, 0.6) is 0 Å². The van der Waals surface area contributed by atoms with Gasteiger partial charge in [-0.25, -0.2) is 9.78 Å². The first-order valence-electron chi connectivity index (χ1n) is 6.53. The van der Waals surface area contributed by atoms with Crippen LogP contribution >= 0.6 is 11.3 Å². The van der Waals surface area contributed by atoms with E-state index in [1.165, 1.54) is 11.3 Å². The van der Waals surface area contributed by atoms with Crippen LogP contribution in [-0.4, -0.2) is 17.6 Å². The van der Waals surface area contributed by atoms with E-state index >= 15 is 0 Å². The van der Waals surface area contributed by atoms with E-state index in [-0.39, 0.29) is 5.97 Å². The molecule has 0 bridgehead atoms. The quantitative estimate of drug-likeness (QED) is 0.794. The van der Waals surface area contributed by atoms with Gasteiger partial charge >= 0.3 is 5.97 Å². The number of carbonyl (C=O) groups is 1. The number of esters is 1. The van der Waals surface area contributed by atoms with E-state index in [1.54, 1.807) is 0 Å². The zero-order valence-corrected chi connectivity index (χ0v) is 11.6. The Morgan fingerprint density at radius 1 is 1.37 bits per heavy atom. The molecule has 1 aliphatic carbocycles. The number of benzene rings is 1. The summed E-state index contributed by atoms with van der Waals surface area (Å²) < 4.78 is 5.13. The molecule has 0 saturated heterocycles. The first-order chi connectivity index (χ1) is 9.29. The molecule has 0 unspecified atom stereocenters. The minimum Gasteiger partial charge on any atom is -0.462 e. The predicted molar refractivity (Wildman–Crippen MR) is 75.5 cm³/mol. The molecule has 0 aliphatic heterocycles. The van der Waals surface area contributed by atoms with Gasteiger partial charge in [0.05, 0.1) is 12.3 Å². The molecule has 1 aromatic heterocycles. The summed E-state index contributed by atoms with van der Waals surface area (Å²) in [6, 6.07) is 9.98. The highest BCUT2D eigenvalue weighted by Gasteiger charge is 2.32. The lowest BCUT2D eigenvalue weighted by atomic mass is 10.2. The molecule has 4 heteroatoms. The summed E-state index contributed by atoms with van der Waals surface area (Å²) in [6.07, 6.45) is 2.26. The van der Waals surface area contributed by atoms with E-state index in [4.69, 9.17) is 4.74 Å². The van der Waals surface area contributed by atoms with Crippen molar-refractivity contribution < 1.29 is 9.53 Å². The van der Waals surface area contributed by atoms with E-state index in [0.717, 1.165) is 29.1 Å². The molecule has 0 spiro atoms. The lowest BCUT2D eigenvalue weighted by Crippen LogP contribution is -2.05. The second-order valence-corrected chi connectivity index (χ2v) is 5.59. The summed E-state index contributed by atoms with van der Waals surface area (Å²) in [6.45, 7) is 2.23. The summed E-state index contributed by atoms with van der Waals surface area (Å²) in [5.74, 6) is 0.220. The average molecular weight is 273 g/mol. The van der Waals surface area contributed by atoms with E-state index in [2.05, 4.69) is 4.98 Å². The van der Waals surface area contributed by atoms with Gasteiger partial charge in [0.15, 0.2) is 0 Å². The molecule has 3 rings (SSSR count). The van der Waals surface area contributed by atoms with Crippen LogP contribution in [0.25, 0.3) is 10.6 Å². The van der Waals surface area contributed by atoms with Gasteiger partial charge in [-0.3, -0.25) is 0 Å². The molecule has 0 N–H and O–H groups in total. The van der Waals surface area contributed by atoms with Crippen LogP contribution < -0.4 is 0 Å². The summed E-state index contributed by atoms with van der Waals surface area (Å²) in [5.41, 5.74) is 1.99. The Kier molecular flexibility index (Phi) is 3.34. The van der Waals surface area contributed by atoms with Gasteiger partial charge in [0.25, 0.3) is 0 Å². The molecule has 0 radical (unpaired) electrons. The predicted octanol–water partition coefficient (Wildman–Crippen LogP) is 3.86. The van der Waals surface area contributed by atoms with Crippen LogP contribution in [0.1, 0.15) is 41.0 Å². The maximum absolute atomic E-state index is 12.0. The first-order valence-corrected chi connectivity index (χ1v) is 7.34. The molecule has 1 aromatic carbocycles. The van der Waals surface area contributed by atoms with Gasteiger partial charge in [-0.1, -0.05) is 30.3 Å². The van der Waals surface area contributed by atoms with Crippen LogP contribution in [-0.2, 0) is 4.74 Å². The molecule has 1 heterocycles. The summed E-state index contributed by atoms with van der Waals surface area (Å²) in [5, 5.41) is 0.908. The number of hydrogen-bond acceptors (Lipinski definition) is 4. The molecule has 0 atom stereocenters. The van der Waals surface area contributed by atoms with Crippen molar-refractivity contribution in [2.75, 3.05) is 6.61 Å². The molecule has 1 aliphatic rings. The Labute approximate surface area is 116 Å². The number of ether oxygens (including phenoxy) is 1. The Morgan fingerprint density at radius 2 is 2.11 bits per heavy atom. The van der Waals surface area contributed by atoms with Gasteiger partial charge in [-0.05, 0) is 19.8 Å². The third-order valence-corrected chi connectivity index (χ3v) is 4.20. The second-order valence-electron chi connectivity index (χ2n) is 4.59. The first kappa shape index (κ1) is 12.4. The Hall–Kier alpha value is -1.68. The number of nitrogens with zero attached hydrogens (tertiary/aromatic N) is 1. The van der Waals surface area contributed by atoms with Gasteiger partial charge in [0, 0.05) is 11.5 Å². The highest BCUT2D eigenvalue weighted by Crippen LogP contribution is 2.44. The normalized spacial score (nSPS) is 14.4. The minimum atomic E-state index is -0.232. The van der Waals surface area contributed by atoms with Crippen molar-refractivity contribution in [3.8, 4) is 10.6 Å². The molecule has 98 valence electrons. The molecule has 0 amide bonds. The Morgan fingerprint density at radius 3 is 2.74 bits per heavy atom. The number of aromatic nitrogens is 1. The minimum absolute atomic E-state index is 0.232. The summed E-state index contributed by atoms with van der Waals surface area (Å²) in [7, 11) is 0. The number of hydrogen-bond donors (Lipinski definition) is 0. The standard InChI is InChI=1S/C15H15NO2S/c1-2-18-15(17)13-12(10-8-9-10)16-14(19-13)11-6-4-3-5-7-11/h3-7,10H,2,8-9H2,1H3. The van der Waals surface area contributed by atoms with Crippen molar-refractivity contribution in [3.63, 3.8) is 0 Å². The highest BCUT2D eigenvalue weighted by molar-refractivity contribution is 7.17. The molecule has 3 nitrogen and oxygen atoms in total. The van der Waals surface area contributed by atoms with Crippen molar-refractivity contribution in [2.45, 2.75) is 25.7 Å². The third-order valence-electron chi connectivity index (χ3n) is 3.10. The summed E-state index contributed by atoms with van der Waals surface area (Å²) >= 11 is 1.44. The zero-order valence-electron chi connectivity index (χ0n) is 10.8. The van der Waals surface area contributed by atoms with Crippen LogP contribution in [0.3, 0.4) is 0 Å². The lowest BCUT2D eigenvalue weighted by Gasteiger charge is -1.99. The smallest absolute Gasteiger partial charge is 0.350 e. The lowest BCUT2D eigenvalue weighted by molar-refractivity contribution is 0.0530.